The van der Waals surface area contributed by atoms with E-state index in [1.165, 1.54) is 31.5 Å². The highest BCUT2D eigenvalue weighted by Crippen LogP contribution is 2.28. The number of hydrogen-bond donors (Lipinski definition) is 2. The van der Waals surface area contributed by atoms with E-state index in [2.05, 4.69) is 10.5 Å². The number of carboxylic acids is 1. The molecule has 0 aliphatic heterocycles. The fourth-order valence-electron chi connectivity index (χ4n) is 2.74. The van der Waals surface area contributed by atoms with Crippen LogP contribution in [0.4, 0.5) is 0 Å². The number of halogens is 2. The van der Waals surface area contributed by atoms with Gasteiger partial charge in [-0.25, -0.2) is 10.2 Å². The number of hydrazone groups is 1. The molecule has 0 fully saturated rings. The summed E-state index contributed by atoms with van der Waals surface area (Å²) in [5.41, 5.74) is 4.21. The standard InChI is InChI=1S/C23H18Cl2N2O5/c1-31-21-10-14(12-26-27-22(28)18-7-6-17(24)11-19(18)25)5-8-20(21)32-13-15-3-2-4-16(9-15)23(29)30/h2-12H,13H2,1H3,(H,27,28)(H,29,30)/b26-12-. The molecule has 0 heterocycles. The molecular formula is C23H18Cl2N2O5. The number of methoxy groups -OCH3 is 1. The third-order valence-electron chi connectivity index (χ3n) is 4.31. The monoisotopic (exact) mass is 472 g/mol. The molecule has 0 aliphatic carbocycles. The SMILES string of the molecule is COc1cc(/C=N\NC(=O)c2ccc(Cl)cc2Cl)ccc1OCc1cccc(C(=O)O)c1. The quantitative estimate of drug-likeness (QED) is 0.353. The minimum Gasteiger partial charge on any atom is -0.493 e. The van der Waals surface area contributed by atoms with E-state index < -0.39 is 11.9 Å². The van der Waals surface area contributed by atoms with Gasteiger partial charge in [-0.15, -0.1) is 0 Å². The van der Waals surface area contributed by atoms with Crippen molar-refractivity contribution in [3.63, 3.8) is 0 Å². The molecule has 0 atom stereocenters. The van der Waals surface area contributed by atoms with Crippen molar-refractivity contribution >= 4 is 41.3 Å². The van der Waals surface area contributed by atoms with E-state index in [1.807, 2.05) is 0 Å². The molecular weight excluding hydrogens is 455 g/mol. The first-order chi connectivity index (χ1) is 15.4. The van der Waals surface area contributed by atoms with Crippen molar-refractivity contribution in [3.8, 4) is 11.5 Å². The van der Waals surface area contributed by atoms with Gasteiger partial charge in [0.1, 0.15) is 6.61 Å². The van der Waals surface area contributed by atoms with Crippen LogP contribution in [0.2, 0.25) is 10.0 Å². The predicted molar refractivity (Wildman–Crippen MR) is 122 cm³/mol. The van der Waals surface area contributed by atoms with Crippen LogP contribution in [0.15, 0.2) is 65.8 Å². The highest BCUT2D eigenvalue weighted by Gasteiger charge is 2.10. The maximum atomic E-state index is 12.2. The van der Waals surface area contributed by atoms with Gasteiger partial charge in [0.25, 0.3) is 5.91 Å². The summed E-state index contributed by atoms with van der Waals surface area (Å²) in [4.78, 5) is 23.3. The van der Waals surface area contributed by atoms with Crippen LogP contribution in [0.1, 0.15) is 31.8 Å². The summed E-state index contributed by atoms with van der Waals surface area (Å²) in [6.07, 6.45) is 1.45. The van der Waals surface area contributed by atoms with Crippen molar-refractivity contribution < 1.29 is 24.2 Å². The van der Waals surface area contributed by atoms with Crippen LogP contribution >= 0.6 is 23.2 Å². The van der Waals surface area contributed by atoms with E-state index in [0.717, 1.165) is 0 Å². The summed E-state index contributed by atoms with van der Waals surface area (Å²) in [6, 6.07) is 16.2. The van der Waals surface area contributed by atoms with Gasteiger partial charge in [-0.05, 0) is 59.7 Å². The van der Waals surface area contributed by atoms with E-state index in [-0.39, 0.29) is 22.8 Å². The average molecular weight is 473 g/mol. The number of hydrogen-bond acceptors (Lipinski definition) is 5. The predicted octanol–water partition coefficient (Wildman–Crippen LogP) is 5.04. The summed E-state index contributed by atoms with van der Waals surface area (Å²) in [7, 11) is 1.50. The molecule has 32 heavy (non-hydrogen) atoms. The molecule has 3 rings (SSSR count). The van der Waals surface area contributed by atoms with E-state index in [0.29, 0.717) is 27.6 Å². The van der Waals surface area contributed by atoms with Gasteiger partial charge in [0.15, 0.2) is 11.5 Å². The van der Waals surface area contributed by atoms with E-state index in [9.17, 15) is 9.59 Å². The number of nitrogens with zero attached hydrogens (tertiary/aromatic N) is 1. The molecule has 164 valence electrons. The number of carboxylic acid groups (broad SMARTS) is 1. The van der Waals surface area contributed by atoms with Crippen molar-refractivity contribution in [2.24, 2.45) is 5.10 Å². The molecule has 0 spiro atoms. The lowest BCUT2D eigenvalue weighted by Gasteiger charge is -2.11. The van der Waals surface area contributed by atoms with E-state index >= 15 is 0 Å². The van der Waals surface area contributed by atoms with Gasteiger partial charge in [-0.3, -0.25) is 4.79 Å². The molecule has 0 saturated heterocycles. The van der Waals surface area contributed by atoms with Gasteiger partial charge in [-0.1, -0.05) is 35.3 Å². The molecule has 0 bridgehead atoms. The normalized spacial score (nSPS) is 10.7. The van der Waals surface area contributed by atoms with Crippen LogP contribution in [-0.2, 0) is 6.61 Å². The highest BCUT2D eigenvalue weighted by atomic mass is 35.5. The van der Waals surface area contributed by atoms with E-state index in [4.69, 9.17) is 37.8 Å². The first-order valence-electron chi connectivity index (χ1n) is 9.29. The van der Waals surface area contributed by atoms with Crippen molar-refractivity contribution in [2.45, 2.75) is 6.61 Å². The molecule has 3 aromatic carbocycles. The zero-order chi connectivity index (χ0) is 23.1. The molecule has 7 nitrogen and oxygen atoms in total. The second kappa shape index (κ2) is 10.7. The molecule has 9 heteroatoms. The summed E-state index contributed by atoms with van der Waals surface area (Å²) >= 11 is 11.9. The molecule has 0 aromatic heterocycles. The number of nitrogens with one attached hydrogen (secondary N) is 1. The number of carbonyl (C=O) groups is 2. The van der Waals surface area contributed by atoms with Gasteiger partial charge < -0.3 is 14.6 Å². The van der Waals surface area contributed by atoms with Crippen molar-refractivity contribution in [3.05, 3.63) is 93.0 Å². The van der Waals surface area contributed by atoms with Crippen LogP contribution in [0.25, 0.3) is 0 Å². The Morgan fingerprint density at radius 3 is 2.59 bits per heavy atom. The maximum Gasteiger partial charge on any atom is 0.335 e. The number of aromatic carboxylic acids is 1. The van der Waals surface area contributed by atoms with Crippen LogP contribution in [0.5, 0.6) is 11.5 Å². The molecule has 1 amide bonds. The highest BCUT2D eigenvalue weighted by molar-refractivity contribution is 6.36. The van der Waals surface area contributed by atoms with Gasteiger partial charge in [0.05, 0.1) is 29.5 Å². The van der Waals surface area contributed by atoms with Gasteiger partial charge in [0, 0.05) is 5.02 Å². The topological polar surface area (TPSA) is 97.2 Å². The van der Waals surface area contributed by atoms with Crippen molar-refractivity contribution in [1.29, 1.82) is 0 Å². The molecule has 2 N–H and O–H groups in total. The van der Waals surface area contributed by atoms with Crippen LogP contribution < -0.4 is 14.9 Å². The average Bonchev–Trinajstić information content (AvgIpc) is 2.78. The lowest BCUT2D eigenvalue weighted by Crippen LogP contribution is -2.18. The fraction of sp³-hybridized carbons (Fsp3) is 0.0870. The van der Waals surface area contributed by atoms with Gasteiger partial charge in [0.2, 0.25) is 0 Å². The second-order valence-corrected chi connectivity index (χ2v) is 7.37. The van der Waals surface area contributed by atoms with E-state index in [1.54, 1.807) is 42.5 Å². The zero-order valence-corrected chi connectivity index (χ0v) is 18.4. The van der Waals surface area contributed by atoms with Crippen molar-refractivity contribution in [2.75, 3.05) is 7.11 Å². The Bertz CT molecular complexity index is 1180. The van der Waals surface area contributed by atoms with Crippen LogP contribution in [0, 0.1) is 0 Å². The zero-order valence-electron chi connectivity index (χ0n) is 16.8. The van der Waals surface area contributed by atoms with Crippen molar-refractivity contribution in [1.82, 2.24) is 5.43 Å². The number of amides is 1. The molecule has 3 aromatic rings. The second-order valence-electron chi connectivity index (χ2n) is 6.53. The van der Waals surface area contributed by atoms with Gasteiger partial charge in [-0.2, -0.15) is 5.10 Å². The Morgan fingerprint density at radius 1 is 1.06 bits per heavy atom. The summed E-state index contributed by atoms with van der Waals surface area (Å²) in [6.45, 7) is 0.169. The number of ether oxygens (including phenoxy) is 2. The number of carbonyl (C=O) groups excluding carboxylic acids is 1. The maximum absolute atomic E-state index is 12.2. The molecule has 0 unspecified atom stereocenters. The minimum absolute atomic E-state index is 0.169. The van der Waals surface area contributed by atoms with Crippen LogP contribution in [-0.4, -0.2) is 30.3 Å². The summed E-state index contributed by atoms with van der Waals surface area (Å²) in [5.74, 6) is -0.547. The largest absolute Gasteiger partial charge is 0.493 e. The smallest absolute Gasteiger partial charge is 0.335 e. The summed E-state index contributed by atoms with van der Waals surface area (Å²) in [5, 5.41) is 13.7. The molecule has 0 radical (unpaired) electrons. The van der Waals surface area contributed by atoms with Gasteiger partial charge >= 0.3 is 5.97 Å². The lowest BCUT2D eigenvalue weighted by atomic mass is 10.1. The molecule has 0 aliphatic rings. The summed E-state index contributed by atoms with van der Waals surface area (Å²) < 4.78 is 11.1. The Hall–Kier alpha value is -3.55. The molecule has 0 saturated carbocycles. The third-order valence-corrected chi connectivity index (χ3v) is 4.86. The number of rotatable bonds is 8. The first-order valence-corrected chi connectivity index (χ1v) is 10.0. The minimum atomic E-state index is -1.00. The third kappa shape index (κ3) is 6.00. The Kier molecular flexibility index (Phi) is 7.70. The Balaban J connectivity index is 1.65. The fourth-order valence-corrected chi connectivity index (χ4v) is 3.23. The number of benzene rings is 3. The Labute approximate surface area is 194 Å². The lowest BCUT2D eigenvalue weighted by molar-refractivity contribution is 0.0696. The van der Waals surface area contributed by atoms with Crippen LogP contribution in [0.3, 0.4) is 0 Å². The Morgan fingerprint density at radius 2 is 1.88 bits per heavy atom. The first kappa shape index (κ1) is 23.1.